The highest BCUT2D eigenvalue weighted by Crippen LogP contribution is 2.29. The van der Waals surface area contributed by atoms with Gasteiger partial charge in [0.05, 0.1) is 11.4 Å². The molecular weight excluding hydrogens is 284 g/mol. The number of fused-ring (bicyclic) bond motifs is 1. The number of carbonyl (C=O) groups excluding carboxylic acids is 1. The summed E-state index contributed by atoms with van der Waals surface area (Å²) in [5.41, 5.74) is 2.13. The predicted molar refractivity (Wildman–Crippen MR) is 95.3 cm³/mol. The van der Waals surface area contributed by atoms with E-state index in [1.165, 1.54) is 0 Å². The average molecular weight is 304 g/mol. The molecule has 0 aliphatic heterocycles. The fraction of sp³-hybridized carbons (Fsp3) is 0.200. The lowest BCUT2D eigenvalue weighted by Gasteiger charge is -2.19. The van der Waals surface area contributed by atoms with Crippen molar-refractivity contribution in [3.05, 3.63) is 60.8 Å². The molecule has 1 amide bonds. The normalized spacial score (nSPS) is 11.4. The summed E-state index contributed by atoms with van der Waals surface area (Å²) in [6.45, 7) is 5.71. The maximum atomic E-state index is 12.3. The third-order valence-electron chi connectivity index (χ3n) is 3.76. The Labute approximate surface area is 136 Å². The van der Waals surface area contributed by atoms with Gasteiger partial charge in [0.25, 0.3) is 0 Å². The monoisotopic (exact) mass is 304 g/mol. The van der Waals surface area contributed by atoms with Gasteiger partial charge in [-0.2, -0.15) is 0 Å². The van der Waals surface area contributed by atoms with Crippen LogP contribution in [-0.2, 0) is 4.79 Å². The van der Waals surface area contributed by atoms with Gasteiger partial charge >= 0.3 is 0 Å². The third kappa shape index (κ3) is 3.24. The van der Waals surface area contributed by atoms with Crippen molar-refractivity contribution >= 4 is 22.4 Å². The van der Waals surface area contributed by atoms with Crippen LogP contribution in [0.2, 0.25) is 0 Å². The van der Waals surface area contributed by atoms with Crippen LogP contribution in [0.25, 0.3) is 22.0 Å². The van der Waals surface area contributed by atoms with E-state index >= 15 is 0 Å². The quantitative estimate of drug-likeness (QED) is 0.732. The second kappa shape index (κ2) is 5.84. The van der Waals surface area contributed by atoms with Crippen molar-refractivity contribution in [3.8, 4) is 11.3 Å². The van der Waals surface area contributed by atoms with E-state index in [2.05, 4.69) is 22.4 Å². The molecule has 116 valence electrons. The Morgan fingerprint density at radius 1 is 0.957 bits per heavy atom. The first-order chi connectivity index (χ1) is 10.9. The molecule has 0 saturated heterocycles. The first-order valence-electron chi connectivity index (χ1n) is 7.71. The smallest absolute Gasteiger partial charge is 0.229 e. The van der Waals surface area contributed by atoms with E-state index in [-0.39, 0.29) is 5.91 Å². The number of nitrogens with zero attached hydrogens (tertiary/aromatic N) is 1. The molecule has 23 heavy (non-hydrogen) atoms. The highest BCUT2D eigenvalue weighted by Gasteiger charge is 2.22. The molecule has 0 spiro atoms. The van der Waals surface area contributed by atoms with Gasteiger partial charge in [-0.15, -0.1) is 0 Å². The van der Waals surface area contributed by atoms with Gasteiger partial charge in [0.1, 0.15) is 0 Å². The van der Waals surface area contributed by atoms with Crippen LogP contribution >= 0.6 is 0 Å². The topological polar surface area (TPSA) is 42.0 Å². The number of para-hydroxylation sites is 1. The molecule has 0 unspecified atom stereocenters. The number of amides is 1. The Morgan fingerprint density at radius 2 is 1.61 bits per heavy atom. The van der Waals surface area contributed by atoms with Gasteiger partial charge in [0.2, 0.25) is 5.91 Å². The predicted octanol–water partition coefficient (Wildman–Crippen LogP) is 4.89. The molecule has 0 aliphatic carbocycles. The summed E-state index contributed by atoms with van der Waals surface area (Å²) in [5, 5.41) is 5.26. The molecule has 3 aromatic rings. The molecule has 0 saturated carbocycles. The molecule has 1 N–H and O–H groups in total. The zero-order valence-corrected chi connectivity index (χ0v) is 13.6. The summed E-state index contributed by atoms with van der Waals surface area (Å²) in [4.78, 5) is 16.9. The maximum Gasteiger partial charge on any atom is 0.229 e. The molecule has 0 aliphatic rings. The zero-order valence-electron chi connectivity index (χ0n) is 13.6. The van der Waals surface area contributed by atoms with Crippen molar-refractivity contribution in [3.63, 3.8) is 0 Å². The summed E-state index contributed by atoms with van der Waals surface area (Å²) in [5.74, 6) is -0.00857. The van der Waals surface area contributed by atoms with Gasteiger partial charge in [0.15, 0.2) is 0 Å². The lowest BCUT2D eigenvalue weighted by molar-refractivity contribution is -0.123. The van der Waals surface area contributed by atoms with Crippen molar-refractivity contribution < 1.29 is 4.79 Å². The van der Waals surface area contributed by atoms with Gasteiger partial charge in [-0.05, 0) is 17.5 Å². The molecule has 0 bridgehead atoms. The fourth-order valence-electron chi connectivity index (χ4n) is 2.36. The second-order valence-electron chi connectivity index (χ2n) is 6.67. The van der Waals surface area contributed by atoms with Gasteiger partial charge in [-0.1, -0.05) is 63.2 Å². The second-order valence-corrected chi connectivity index (χ2v) is 6.67. The standard InChI is InChI=1S/C20H20N2O/c1-20(2,3)19(23)22-17-11-7-6-10-16(17)18-12-14-8-4-5-9-15(14)13-21-18/h4-13H,1-3H3,(H,22,23). The Morgan fingerprint density at radius 3 is 2.35 bits per heavy atom. The van der Waals surface area contributed by atoms with E-state index in [1.807, 2.05) is 69.4 Å². The van der Waals surface area contributed by atoms with Crippen LogP contribution in [0, 0.1) is 5.41 Å². The molecule has 2 aromatic carbocycles. The van der Waals surface area contributed by atoms with Crippen molar-refractivity contribution in [1.82, 2.24) is 4.98 Å². The fourth-order valence-corrected chi connectivity index (χ4v) is 2.36. The zero-order chi connectivity index (χ0) is 16.4. The van der Waals surface area contributed by atoms with Crippen LogP contribution in [0.15, 0.2) is 60.8 Å². The first-order valence-corrected chi connectivity index (χ1v) is 7.71. The summed E-state index contributed by atoms with van der Waals surface area (Å²) < 4.78 is 0. The molecule has 1 heterocycles. The summed E-state index contributed by atoms with van der Waals surface area (Å²) in [6.07, 6.45) is 1.87. The van der Waals surface area contributed by atoms with Crippen molar-refractivity contribution in [2.75, 3.05) is 5.32 Å². The molecule has 0 radical (unpaired) electrons. The van der Waals surface area contributed by atoms with E-state index in [0.29, 0.717) is 0 Å². The molecule has 0 fully saturated rings. The van der Waals surface area contributed by atoms with Crippen LogP contribution in [-0.4, -0.2) is 10.9 Å². The van der Waals surface area contributed by atoms with Gasteiger partial charge in [-0.25, -0.2) is 0 Å². The Kier molecular flexibility index (Phi) is 3.87. The van der Waals surface area contributed by atoms with E-state index in [1.54, 1.807) is 0 Å². The van der Waals surface area contributed by atoms with Crippen LogP contribution < -0.4 is 5.32 Å². The highest BCUT2D eigenvalue weighted by atomic mass is 16.2. The minimum Gasteiger partial charge on any atom is -0.325 e. The number of aromatic nitrogens is 1. The van der Waals surface area contributed by atoms with Gasteiger partial charge < -0.3 is 5.32 Å². The number of hydrogen-bond donors (Lipinski definition) is 1. The molecule has 3 rings (SSSR count). The Hall–Kier alpha value is -2.68. The lowest BCUT2D eigenvalue weighted by atomic mass is 9.95. The molecular formula is C20H20N2O. The molecule has 1 aromatic heterocycles. The van der Waals surface area contributed by atoms with Crippen molar-refractivity contribution in [2.45, 2.75) is 20.8 Å². The third-order valence-corrected chi connectivity index (χ3v) is 3.76. The van der Waals surface area contributed by atoms with E-state index in [9.17, 15) is 4.79 Å². The minimum absolute atomic E-state index is 0.00857. The number of carbonyl (C=O) groups is 1. The molecule has 3 heteroatoms. The van der Waals surface area contributed by atoms with Crippen molar-refractivity contribution in [1.29, 1.82) is 0 Å². The largest absolute Gasteiger partial charge is 0.325 e. The van der Waals surface area contributed by atoms with Crippen LogP contribution in [0.4, 0.5) is 5.69 Å². The van der Waals surface area contributed by atoms with E-state index in [0.717, 1.165) is 27.7 Å². The number of hydrogen-bond acceptors (Lipinski definition) is 2. The van der Waals surface area contributed by atoms with Crippen LogP contribution in [0.3, 0.4) is 0 Å². The summed E-state index contributed by atoms with van der Waals surface area (Å²) in [6, 6.07) is 17.9. The Bertz CT molecular complexity index is 863. The molecule has 0 atom stereocenters. The first kappa shape index (κ1) is 15.2. The Balaban J connectivity index is 2.03. The minimum atomic E-state index is -0.441. The molecule has 3 nitrogen and oxygen atoms in total. The van der Waals surface area contributed by atoms with Crippen molar-refractivity contribution in [2.24, 2.45) is 5.41 Å². The van der Waals surface area contributed by atoms with Gasteiger partial charge in [0, 0.05) is 22.6 Å². The lowest BCUT2D eigenvalue weighted by Crippen LogP contribution is -2.27. The maximum absolute atomic E-state index is 12.3. The highest BCUT2D eigenvalue weighted by molar-refractivity contribution is 5.98. The number of nitrogens with one attached hydrogen (secondary N) is 1. The van der Waals surface area contributed by atoms with E-state index in [4.69, 9.17) is 0 Å². The van der Waals surface area contributed by atoms with Gasteiger partial charge in [-0.3, -0.25) is 9.78 Å². The number of anilines is 1. The van der Waals surface area contributed by atoms with Crippen LogP contribution in [0.1, 0.15) is 20.8 Å². The summed E-state index contributed by atoms with van der Waals surface area (Å²) in [7, 11) is 0. The van der Waals surface area contributed by atoms with Crippen LogP contribution in [0.5, 0.6) is 0 Å². The average Bonchev–Trinajstić information content (AvgIpc) is 2.54. The SMILES string of the molecule is CC(C)(C)C(=O)Nc1ccccc1-c1cc2ccccc2cn1. The number of rotatable bonds is 2. The number of pyridine rings is 1. The number of benzene rings is 2. The van der Waals surface area contributed by atoms with E-state index < -0.39 is 5.41 Å². The summed E-state index contributed by atoms with van der Waals surface area (Å²) >= 11 is 0.